The average molecular weight is 250 g/mol. The Labute approximate surface area is 108 Å². The van der Waals surface area contributed by atoms with Gasteiger partial charge in [-0.2, -0.15) is 0 Å². The lowest BCUT2D eigenvalue weighted by atomic mass is 9.94. The minimum absolute atomic E-state index is 0.248. The van der Waals surface area contributed by atoms with Crippen molar-refractivity contribution < 1.29 is 9.90 Å². The largest absolute Gasteiger partial charge is 0.480 e. The molecule has 0 saturated heterocycles. The second kappa shape index (κ2) is 6.52. The van der Waals surface area contributed by atoms with Crippen LogP contribution in [0.3, 0.4) is 0 Å². The minimum Gasteiger partial charge on any atom is -0.480 e. The van der Waals surface area contributed by atoms with Gasteiger partial charge in [0.2, 0.25) is 0 Å². The van der Waals surface area contributed by atoms with Gasteiger partial charge in [0.1, 0.15) is 6.04 Å². The Hall–Kier alpha value is -1.39. The number of carboxylic acid groups (broad SMARTS) is 1. The van der Waals surface area contributed by atoms with Crippen LogP contribution in [0.1, 0.15) is 49.8 Å². The number of nitrogens with two attached hydrogens (primary N) is 2. The van der Waals surface area contributed by atoms with Crippen LogP contribution in [0.25, 0.3) is 0 Å². The van der Waals surface area contributed by atoms with Crippen molar-refractivity contribution >= 4 is 5.97 Å². The molecule has 0 aliphatic rings. The van der Waals surface area contributed by atoms with Crippen LogP contribution < -0.4 is 11.5 Å². The van der Waals surface area contributed by atoms with Gasteiger partial charge in [-0.1, -0.05) is 38.1 Å². The van der Waals surface area contributed by atoms with Gasteiger partial charge in [0.15, 0.2) is 0 Å². The molecule has 4 nitrogen and oxygen atoms in total. The fraction of sp³-hybridized carbons (Fsp3) is 0.500. The van der Waals surface area contributed by atoms with Gasteiger partial charge in [0.25, 0.3) is 0 Å². The van der Waals surface area contributed by atoms with Gasteiger partial charge >= 0.3 is 5.97 Å². The summed E-state index contributed by atoms with van der Waals surface area (Å²) in [6, 6.07) is 6.78. The summed E-state index contributed by atoms with van der Waals surface area (Å²) >= 11 is 0. The molecule has 0 spiro atoms. The lowest BCUT2D eigenvalue weighted by Crippen LogP contribution is -2.33. The highest BCUT2D eigenvalue weighted by Crippen LogP contribution is 2.22. The molecule has 0 saturated carbocycles. The highest BCUT2D eigenvalue weighted by atomic mass is 16.4. The molecule has 0 aromatic heterocycles. The van der Waals surface area contributed by atoms with E-state index in [1.54, 1.807) is 0 Å². The lowest BCUT2D eigenvalue weighted by Gasteiger charge is -2.16. The molecule has 0 heterocycles. The van der Waals surface area contributed by atoms with E-state index in [9.17, 15) is 4.79 Å². The number of hydrogen-bond acceptors (Lipinski definition) is 3. The quantitative estimate of drug-likeness (QED) is 0.720. The van der Waals surface area contributed by atoms with E-state index in [1.165, 1.54) is 5.56 Å². The average Bonchev–Trinajstić information content (AvgIpc) is 2.37. The van der Waals surface area contributed by atoms with Crippen molar-refractivity contribution in [2.75, 3.05) is 0 Å². The van der Waals surface area contributed by atoms with Crippen molar-refractivity contribution in [3.8, 4) is 0 Å². The monoisotopic (exact) mass is 250 g/mol. The molecule has 5 N–H and O–H groups in total. The Morgan fingerprint density at radius 2 is 1.72 bits per heavy atom. The zero-order valence-corrected chi connectivity index (χ0v) is 11.0. The van der Waals surface area contributed by atoms with Crippen molar-refractivity contribution in [1.82, 2.24) is 0 Å². The molecule has 0 aliphatic carbocycles. The first-order valence-electron chi connectivity index (χ1n) is 6.29. The van der Waals surface area contributed by atoms with E-state index in [2.05, 4.69) is 26.0 Å². The van der Waals surface area contributed by atoms with Crippen LogP contribution in [-0.4, -0.2) is 17.1 Å². The Kier molecular flexibility index (Phi) is 5.31. The Balaban J connectivity index is 2.70. The van der Waals surface area contributed by atoms with Crippen LogP contribution in [0.15, 0.2) is 24.3 Å². The second-order valence-corrected chi connectivity index (χ2v) is 4.76. The molecular formula is C14H22N2O2. The van der Waals surface area contributed by atoms with E-state index in [4.69, 9.17) is 16.6 Å². The first-order chi connectivity index (χ1) is 8.45. The smallest absolute Gasteiger partial charge is 0.320 e. The number of hydrogen-bond donors (Lipinski definition) is 3. The number of rotatable bonds is 6. The highest BCUT2D eigenvalue weighted by Gasteiger charge is 2.17. The first-order valence-corrected chi connectivity index (χ1v) is 6.29. The molecule has 18 heavy (non-hydrogen) atoms. The SMILES string of the molecule is CCC(C)c1ccc(C(N)CC(N)C(=O)O)cc1. The fourth-order valence-electron chi connectivity index (χ4n) is 1.82. The minimum atomic E-state index is -1.01. The molecule has 0 radical (unpaired) electrons. The Bertz CT molecular complexity index is 389. The van der Waals surface area contributed by atoms with E-state index < -0.39 is 12.0 Å². The first kappa shape index (κ1) is 14.7. The summed E-state index contributed by atoms with van der Waals surface area (Å²) < 4.78 is 0. The van der Waals surface area contributed by atoms with Crippen molar-refractivity contribution in [2.24, 2.45) is 11.5 Å². The summed E-state index contributed by atoms with van der Waals surface area (Å²) in [5.74, 6) is -0.488. The van der Waals surface area contributed by atoms with E-state index in [0.717, 1.165) is 12.0 Å². The molecule has 0 amide bonds. The zero-order chi connectivity index (χ0) is 13.7. The number of aliphatic carboxylic acids is 1. The van der Waals surface area contributed by atoms with E-state index in [0.29, 0.717) is 5.92 Å². The predicted octanol–water partition coefficient (Wildman–Crippen LogP) is 2.00. The van der Waals surface area contributed by atoms with Crippen molar-refractivity contribution in [3.05, 3.63) is 35.4 Å². The number of benzene rings is 1. The third kappa shape index (κ3) is 3.82. The molecule has 1 rings (SSSR count). The van der Waals surface area contributed by atoms with Gasteiger partial charge in [0.05, 0.1) is 0 Å². The molecule has 1 aromatic carbocycles. The van der Waals surface area contributed by atoms with Crippen molar-refractivity contribution in [2.45, 2.75) is 44.7 Å². The summed E-state index contributed by atoms with van der Waals surface area (Å²) in [6.07, 6.45) is 1.34. The normalized spacial score (nSPS) is 16.0. The third-order valence-corrected chi connectivity index (χ3v) is 3.37. The fourth-order valence-corrected chi connectivity index (χ4v) is 1.82. The third-order valence-electron chi connectivity index (χ3n) is 3.37. The lowest BCUT2D eigenvalue weighted by molar-refractivity contribution is -0.138. The molecule has 0 aliphatic heterocycles. The van der Waals surface area contributed by atoms with Gasteiger partial charge < -0.3 is 16.6 Å². The maximum Gasteiger partial charge on any atom is 0.320 e. The van der Waals surface area contributed by atoms with Crippen LogP contribution in [0.5, 0.6) is 0 Å². The number of carboxylic acids is 1. The van der Waals surface area contributed by atoms with Gasteiger partial charge in [-0.15, -0.1) is 0 Å². The van der Waals surface area contributed by atoms with Crippen molar-refractivity contribution in [3.63, 3.8) is 0 Å². The van der Waals surface area contributed by atoms with Gasteiger partial charge in [-0.3, -0.25) is 4.79 Å². The molecule has 0 fully saturated rings. The van der Waals surface area contributed by atoms with Crippen LogP contribution in [0.2, 0.25) is 0 Å². The van der Waals surface area contributed by atoms with E-state index >= 15 is 0 Å². The highest BCUT2D eigenvalue weighted by molar-refractivity contribution is 5.73. The van der Waals surface area contributed by atoms with Crippen LogP contribution in [0.4, 0.5) is 0 Å². The number of carbonyl (C=O) groups is 1. The molecule has 3 unspecified atom stereocenters. The molecule has 0 bridgehead atoms. The topological polar surface area (TPSA) is 89.3 Å². The summed E-state index contributed by atoms with van der Waals surface area (Å²) in [4.78, 5) is 10.7. The van der Waals surface area contributed by atoms with Crippen molar-refractivity contribution in [1.29, 1.82) is 0 Å². The molecule has 4 heteroatoms. The summed E-state index contributed by atoms with van der Waals surface area (Å²) in [7, 11) is 0. The van der Waals surface area contributed by atoms with E-state index in [1.807, 2.05) is 12.1 Å². The van der Waals surface area contributed by atoms with Crippen LogP contribution in [0, 0.1) is 0 Å². The van der Waals surface area contributed by atoms with Gasteiger partial charge in [-0.05, 0) is 29.9 Å². The molecular weight excluding hydrogens is 228 g/mol. The zero-order valence-electron chi connectivity index (χ0n) is 11.0. The summed E-state index contributed by atoms with van der Waals surface area (Å²) in [6.45, 7) is 4.32. The molecule has 100 valence electrons. The standard InChI is InChI=1S/C14H22N2O2/c1-3-9(2)10-4-6-11(7-5-10)12(15)8-13(16)14(17)18/h4-7,9,12-13H,3,8,15-16H2,1-2H3,(H,17,18). The summed E-state index contributed by atoms with van der Waals surface area (Å²) in [5, 5.41) is 8.75. The van der Waals surface area contributed by atoms with Gasteiger partial charge in [0, 0.05) is 6.04 Å². The van der Waals surface area contributed by atoms with Gasteiger partial charge in [-0.25, -0.2) is 0 Å². The Morgan fingerprint density at radius 3 is 2.17 bits per heavy atom. The van der Waals surface area contributed by atoms with Crippen LogP contribution >= 0.6 is 0 Å². The van der Waals surface area contributed by atoms with Crippen LogP contribution in [-0.2, 0) is 4.79 Å². The second-order valence-electron chi connectivity index (χ2n) is 4.76. The predicted molar refractivity (Wildman–Crippen MR) is 72.3 cm³/mol. The molecule has 1 aromatic rings. The van der Waals surface area contributed by atoms with E-state index in [-0.39, 0.29) is 12.5 Å². The molecule has 3 atom stereocenters. The maximum absolute atomic E-state index is 10.7. The maximum atomic E-state index is 10.7. The Morgan fingerprint density at radius 1 is 1.22 bits per heavy atom. The summed E-state index contributed by atoms with van der Waals surface area (Å²) in [5.41, 5.74) is 13.6.